The summed E-state index contributed by atoms with van der Waals surface area (Å²) in [7, 11) is 0. The van der Waals surface area contributed by atoms with Crippen molar-refractivity contribution in [1.29, 1.82) is 0 Å². The third-order valence-corrected chi connectivity index (χ3v) is 5.66. The van der Waals surface area contributed by atoms with Gasteiger partial charge < -0.3 is 14.9 Å². The molecule has 2 N–H and O–H groups in total. The van der Waals surface area contributed by atoms with Crippen molar-refractivity contribution in [2.24, 2.45) is 0 Å². The topological polar surface area (TPSA) is 66.8 Å². The van der Waals surface area contributed by atoms with E-state index in [4.69, 9.17) is 4.74 Å². The first kappa shape index (κ1) is 23.6. The second-order valence-corrected chi connectivity index (χ2v) is 11.1. The fourth-order valence-corrected chi connectivity index (χ4v) is 3.77. The largest absolute Gasteiger partial charge is 0.507 e. The summed E-state index contributed by atoms with van der Waals surface area (Å²) in [5.41, 5.74) is 2.07. The summed E-state index contributed by atoms with van der Waals surface area (Å²) in [5, 5.41) is 21.6. The number of hydrogen-bond acceptors (Lipinski definition) is 4. The highest BCUT2D eigenvalue weighted by Gasteiger charge is 2.28. The molecule has 32 heavy (non-hydrogen) atoms. The number of phenolic OH excluding ortho intramolecular Hbond substituents is 2. The molecule has 1 aliphatic heterocycles. The Labute approximate surface area is 191 Å². The molecule has 0 atom stereocenters. The Hall–Kier alpha value is -3.01. The molecule has 1 heterocycles. The van der Waals surface area contributed by atoms with Gasteiger partial charge in [0.15, 0.2) is 5.78 Å². The van der Waals surface area contributed by atoms with Gasteiger partial charge in [-0.05, 0) is 73.2 Å². The minimum Gasteiger partial charge on any atom is -0.507 e. The number of phenols is 2. The van der Waals surface area contributed by atoms with Crippen LogP contribution in [0.5, 0.6) is 17.2 Å². The summed E-state index contributed by atoms with van der Waals surface area (Å²) in [6.07, 6.45) is 6.82. The Morgan fingerprint density at radius 3 is 2.03 bits per heavy atom. The second kappa shape index (κ2) is 7.84. The summed E-state index contributed by atoms with van der Waals surface area (Å²) >= 11 is 0. The third kappa shape index (κ3) is 4.74. The van der Waals surface area contributed by atoms with Gasteiger partial charge in [0, 0.05) is 22.3 Å². The number of rotatable bonds is 3. The summed E-state index contributed by atoms with van der Waals surface area (Å²) < 4.78 is 5.89. The maximum atomic E-state index is 13.1. The molecule has 0 spiro atoms. The molecule has 0 aromatic heterocycles. The van der Waals surface area contributed by atoms with E-state index >= 15 is 0 Å². The van der Waals surface area contributed by atoms with Crippen LogP contribution in [0.2, 0.25) is 0 Å². The van der Waals surface area contributed by atoms with Crippen LogP contribution < -0.4 is 4.74 Å². The predicted molar refractivity (Wildman–Crippen MR) is 131 cm³/mol. The molecule has 170 valence electrons. The molecule has 0 saturated heterocycles. The van der Waals surface area contributed by atoms with E-state index in [2.05, 4.69) is 0 Å². The highest BCUT2D eigenvalue weighted by atomic mass is 16.5. The van der Waals surface area contributed by atoms with Crippen LogP contribution in [0.3, 0.4) is 0 Å². The first-order chi connectivity index (χ1) is 14.6. The van der Waals surface area contributed by atoms with Gasteiger partial charge in [0.2, 0.25) is 0 Å². The van der Waals surface area contributed by atoms with Crippen LogP contribution in [0.1, 0.15) is 88.0 Å². The fraction of sp³-hybridized carbons (Fsp3) is 0.393. The van der Waals surface area contributed by atoms with Gasteiger partial charge in [0.25, 0.3) is 0 Å². The van der Waals surface area contributed by atoms with E-state index in [0.29, 0.717) is 22.4 Å². The van der Waals surface area contributed by atoms with Crippen molar-refractivity contribution >= 4 is 17.9 Å². The molecule has 0 bridgehead atoms. The average Bonchev–Trinajstić information content (AvgIpc) is 2.64. The zero-order valence-corrected chi connectivity index (χ0v) is 20.3. The van der Waals surface area contributed by atoms with E-state index in [9.17, 15) is 15.0 Å². The van der Waals surface area contributed by atoms with Crippen LogP contribution in [0, 0.1) is 0 Å². The van der Waals surface area contributed by atoms with Crippen LogP contribution in [0.15, 0.2) is 36.4 Å². The van der Waals surface area contributed by atoms with Gasteiger partial charge in [-0.2, -0.15) is 0 Å². The molecule has 0 saturated carbocycles. The van der Waals surface area contributed by atoms with Gasteiger partial charge in [0.05, 0.1) is 5.56 Å². The fourth-order valence-electron chi connectivity index (χ4n) is 3.77. The number of ether oxygens (including phenoxy) is 1. The number of carbonyl (C=O) groups excluding carboxylic acids is 1. The molecule has 0 aliphatic carbocycles. The first-order valence-electron chi connectivity index (χ1n) is 10.9. The first-order valence-corrected chi connectivity index (χ1v) is 10.9. The van der Waals surface area contributed by atoms with Crippen molar-refractivity contribution in [1.82, 2.24) is 0 Å². The quantitative estimate of drug-likeness (QED) is 0.413. The number of benzene rings is 2. The van der Waals surface area contributed by atoms with E-state index in [-0.39, 0.29) is 28.1 Å². The standard InChI is InChI=1S/C28H34O4/c1-26(2,3)20-15-18(16-21(25(20)31)27(4,5)6)22(29)11-9-17-10-12-23-19(24(17)30)13-14-28(7,8)32-23/h9-16,30-31H,1-8H3/b11-9+. The smallest absolute Gasteiger partial charge is 0.185 e. The second-order valence-electron chi connectivity index (χ2n) is 11.1. The molecule has 1 aliphatic rings. The van der Waals surface area contributed by atoms with Crippen molar-refractivity contribution in [2.45, 2.75) is 71.8 Å². The Balaban J connectivity index is 1.99. The number of hydrogen-bond donors (Lipinski definition) is 2. The minimum atomic E-state index is -0.429. The number of aromatic hydroxyl groups is 2. The van der Waals surface area contributed by atoms with Crippen molar-refractivity contribution in [2.75, 3.05) is 0 Å². The number of fused-ring (bicyclic) bond motifs is 1. The number of ketones is 1. The maximum absolute atomic E-state index is 13.1. The van der Waals surface area contributed by atoms with Crippen LogP contribution >= 0.6 is 0 Å². The van der Waals surface area contributed by atoms with Crippen molar-refractivity contribution < 1.29 is 19.7 Å². The zero-order valence-electron chi connectivity index (χ0n) is 20.3. The lowest BCUT2D eigenvalue weighted by Gasteiger charge is -2.28. The lowest BCUT2D eigenvalue weighted by atomic mass is 9.78. The molecule has 3 rings (SSSR count). The van der Waals surface area contributed by atoms with Crippen LogP contribution in [-0.4, -0.2) is 21.6 Å². The lowest BCUT2D eigenvalue weighted by Crippen LogP contribution is -2.27. The SMILES string of the molecule is CC1(C)C=Cc2c(ccc(/C=C/C(=O)c3cc(C(C)(C)C)c(O)c(C(C)(C)C)c3)c2O)O1. The Bertz CT molecular complexity index is 1080. The lowest BCUT2D eigenvalue weighted by molar-refractivity contribution is 0.104. The molecular formula is C28H34O4. The van der Waals surface area contributed by atoms with Crippen molar-refractivity contribution in [3.63, 3.8) is 0 Å². The van der Waals surface area contributed by atoms with E-state index in [0.717, 1.165) is 11.1 Å². The van der Waals surface area contributed by atoms with E-state index in [1.807, 2.05) is 67.5 Å². The van der Waals surface area contributed by atoms with Gasteiger partial charge >= 0.3 is 0 Å². The molecule has 4 nitrogen and oxygen atoms in total. The van der Waals surface area contributed by atoms with Crippen molar-refractivity contribution in [3.8, 4) is 17.2 Å². The highest BCUT2D eigenvalue weighted by molar-refractivity contribution is 6.07. The van der Waals surface area contributed by atoms with Gasteiger partial charge in [-0.25, -0.2) is 0 Å². The molecule has 0 amide bonds. The van der Waals surface area contributed by atoms with E-state index in [1.165, 1.54) is 6.08 Å². The summed E-state index contributed by atoms with van der Waals surface area (Å²) in [6.45, 7) is 16.0. The normalized spacial score (nSPS) is 15.5. The van der Waals surface area contributed by atoms with Crippen LogP contribution in [0.25, 0.3) is 12.2 Å². The third-order valence-electron chi connectivity index (χ3n) is 5.66. The van der Waals surface area contributed by atoms with Gasteiger partial charge in [-0.1, -0.05) is 41.5 Å². The molecule has 2 aromatic carbocycles. The Morgan fingerprint density at radius 1 is 0.938 bits per heavy atom. The summed E-state index contributed by atoms with van der Waals surface area (Å²) in [4.78, 5) is 13.1. The molecule has 0 fully saturated rings. The summed E-state index contributed by atoms with van der Waals surface area (Å²) in [6, 6.07) is 7.08. The average molecular weight is 435 g/mol. The Morgan fingerprint density at radius 2 is 1.50 bits per heavy atom. The molecule has 4 heteroatoms. The maximum Gasteiger partial charge on any atom is 0.185 e. The molecule has 0 radical (unpaired) electrons. The number of carbonyl (C=O) groups is 1. The van der Waals surface area contributed by atoms with E-state index < -0.39 is 5.60 Å². The van der Waals surface area contributed by atoms with Gasteiger partial charge in [0.1, 0.15) is 22.8 Å². The molecule has 2 aromatic rings. The Kier molecular flexibility index (Phi) is 5.80. The molecular weight excluding hydrogens is 400 g/mol. The highest BCUT2D eigenvalue weighted by Crippen LogP contribution is 2.41. The van der Waals surface area contributed by atoms with Gasteiger partial charge in [-0.3, -0.25) is 4.79 Å². The summed E-state index contributed by atoms with van der Waals surface area (Å²) in [5.74, 6) is 0.745. The zero-order chi connectivity index (χ0) is 24.1. The van der Waals surface area contributed by atoms with Crippen LogP contribution in [0.4, 0.5) is 0 Å². The predicted octanol–water partition coefficient (Wildman–Crippen LogP) is 6.77. The molecule has 0 unspecified atom stereocenters. The van der Waals surface area contributed by atoms with Gasteiger partial charge in [-0.15, -0.1) is 0 Å². The van der Waals surface area contributed by atoms with E-state index in [1.54, 1.807) is 30.3 Å². The monoisotopic (exact) mass is 434 g/mol. The van der Waals surface area contributed by atoms with Crippen LogP contribution in [-0.2, 0) is 10.8 Å². The van der Waals surface area contributed by atoms with Crippen molar-refractivity contribution in [3.05, 3.63) is 64.2 Å². The minimum absolute atomic E-state index is 0.0785. The number of allylic oxidation sites excluding steroid dienone is 1.